The molecule has 0 fully saturated rings. The van der Waals surface area contributed by atoms with E-state index in [9.17, 15) is 4.39 Å². The van der Waals surface area contributed by atoms with Crippen molar-refractivity contribution in [3.63, 3.8) is 0 Å². The van der Waals surface area contributed by atoms with Crippen LogP contribution in [0.1, 0.15) is 5.69 Å². The quantitative estimate of drug-likeness (QED) is 0.641. The van der Waals surface area contributed by atoms with E-state index in [1.807, 2.05) is 12.7 Å². The van der Waals surface area contributed by atoms with Crippen LogP contribution >= 0.6 is 31.8 Å². The van der Waals surface area contributed by atoms with Crippen LogP contribution in [0.5, 0.6) is 0 Å². The molecule has 3 aromatic heterocycles. The Morgan fingerprint density at radius 3 is 2.55 bits per heavy atom. The van der Waals surface area contributed by atoms with Gasteiger partial charge in [0.1, 0.15) is 11.2 Å². The summed E-state index contributed by atoms with van der Waals surface area (Å²) in [7, 11) is 0.587. The Balaban J connectivity index is 2.23. The van der Waals surface area contributed by atoms with Crippen LogP contribution in [0.25, 0.3) is 22.3 Å². The van der Waals surface area contributed by atoms with Crippen molar-refractivity contribution >= 4 is 48.3 Å². The topological polar surface area (TPSA) is 38.7 Å². The van der Waals surface area contributed by atoms with E-state index >= 15 is 0 Å². The molecular formula is C15H11Cl2FN3P. The fourth-order valence-corrected chi connectivity index (χ4v) is 2.95. The van der Waals surface area contributed by atoms with E-state index in [0.29, 0.717) is 35.9 Å². The van der Waals surface area contributed by atoms with E-state index in [0.717, 1.165) is 5.44 Å². The SMILES string of the molecule is CPc1ccc(-c2nc3c(Cl)c(Cl)c(C)nc3cc2F)cn1. The van der Waals surface area contributed by atoms with Gasteiger partial charge in [0, 0.05) is 17.8 Å². The van der Waals surface area contributed by atoms with E-state index in [2.05, 4.69) is 15.0 Å². The molecule has 0 saturated heterocycles. The predicted octanol–water partition coefficient (Wildman–Crippen LogP) is 4.38. The number of rotatable bonds is 2. The smallest absolute Gasteiger partial charge is 0.151 e. The molecule has 0 aliphatic carbocycles. The predicted molar refractivity (Wildman–Crippen MR) is 91.4 cm³/mol. The van der Waals surface area contributed by atoms with Gasteiger partial charge in [-0.2, -0.15) is 0 Å². The van der Waals surface area contributed by atoms with Gasteiger partial charge in [0.2, 0.25) is 0 Å². The monoisotopic (exact) mass is 353 g/mol. The van der Waals surface area contributed by atoms with Gasteiger partial charge in [0.15, 0.2) is 5.82 Å². The highest BCUT2D eigenvalue weighted by molar-refractivity contribution is 7.45. The molecule has 0 bridgehead atoms. The molecule has 7 heteroatoms. The van der Waals surface area contributed by atoms with Crippen LogP contribution in [0, 0.1) is 12.7 Å². The van der Waals surface area contributed by atoms with Crippen molar-refractivity contribution in [3.8, 4) is 11.3 Å². The number of hydrogen-bond donors (Lipinski definition) is 0. The summed E-state index contributed by atoms with van der Waals surface area (Å²) in [6, 6.07) is 4.98. The van der Waals surface area contributed by atoms with Crippen LogP contribution in [0.2, 0.25) is 10.0 Å². The van der Waals surface area contributed by atoms with E-state index in [-0.39, 0.29) is 10.7 Å². The molecular weight excluding hydrogens is 343 g/mol. The molecule has 0 aromatic carbocycles. The number of aryl methyl sites for hydroxylation is 1. The molecule has 3 heterocycles. The summed E-state index contributed by atoms with van der Waals surface area (Å²) >= 11 is 12.3. The van der Waals surface area contributed by atoms with E-state index in [1.54, 1.807) is 19.2 Å². The summed E-state index contributed by atoms with van der Waals surface area (Å²) in [5.41, 5.74) is 3.05. The average Bonchev–Trinajstić information content (AvgIpc) is 2.52. The zero-order valence-electron chi connectivity index (χ0n) is 11.8. The molecule has 0 saturated carbocycles. The molecule has 0 aliphatic rings. The minimum Gasteiger partial charge on any atom is -0.256 e. The van der Waals surface area contributed by atoms with Crippen molar-refractivity contribution < 1.29 is 4.39 Å². The van der Waals surface area contributed by atoms with Crippen molar-refractivity contribution in [2.45, 2.75) is 6.92 Å². The number of halogens is 3. The fourth-order valence-electron chi connectivity index (χ4n) is 2.10. The van der Waals surface area contributed by atoms with Crippen LogP contribution in [0.15, 0.2) is 24.4 Å². The maximum absolute atomic E-state index is 14.3. The summed E-state index contributed by atoms with van der Waals surface area (Å²) in [6.07, 6.45) is 1.61. The van der Waals surface area contributed by atoms with Crippen molar-refractivity contribution in [1.29, 1.82) is 0 Å². The minimum atomic E-state index is -0.466. The highest BCUT2D eigenvalue weighted by Crippen LogP contribution is 2.33. The lowest BCUT2D eigenvalue weighted by Crippen LogP contribution is -2.01. The zero-order valence-corrected chi connectivity index (χ0v) is 14.3. The summed E-state index contributed by atoms with van der Waals surface area (Å²) < 4.78 is 14.3. The van der Waals surface area contributed by atoms with E-state index in [1.165, 1.54) is 6.07 Å². The van der Waals surface area contributed by atoms with Crippen molar-refractivity contribution in [2.24, 2.45) is 0 Å². The van der Waals surface area contributed by atoms with Gasteiger partial charge in [-0.05, 0) is 25.7 Å². The second-order valence-corrected chi connectivity index (χ2v) is 6.46. The highest BCUT2D eigenvalue weighted by Gasteiger charge is 2.15. The highest BCUT2D eigenvalue weighted by atomic mass is 35.5. The summed E-state index contributed by atoms with van der Waals surface area (Å²) in [4.78, 5) is 12.8. The second kappa shape index (κ2) is 6.04. The summed E-state index contributed by atoms with van der Waals surface area (Å²) in [5, 5.41) is 0.616. The van der Waals surface area contributed by atoms with E-state index < -0.39 is 5.82 Å². The molecule has 112 valence electrons. The van der Waals surface area contributed by atoms with Gasteiger partial charge >= 0.3 is 0 Å². The second-order valence-electron chi connectivity index (χ2n) is 4.69. The molecule has 0 aliphatic heterocycles. The van der Waals surface area contributed by atoms with Gasteiger partial charge in [-0.15, -0.1) is 0 Å². The molecule has 0 amide bonds. The third-order valence-electron chi connectivity index (χ3n) is 3.26. The Morgan fingerprint density at radius 2 is 1.91 bits per heavy atom. The molecule has 3 rings (SSSR count). The molecule has 0 N–H and O–H groups in total. The molecule has 1 atom stereocenters. The molecule has 0 spiro atoms. The Labute approximate surface area is 138 Å². The first-order valence-corrected chi connectivity index (χ1v) is 8.73. The maximum Gasteiger partial charge on any atom is 0.151 e. The first-order valence-electron chi connectivity index (χ1n) is 6.47. The number of pyridine rings is 3. The molecule has 0 radical (unpaired) electrons. The molecule has 3 aromatic rings. The first kappa shape index (κ1) is 15.5. The lowest BCUT2D eigenvalue weighted by Gasteiger charge is -2.08. The Morgan fingerprint density at radius 1 is 1.14 bits per heavy atom. The van der Waals surface area contributed by atoms with Crippen molar-refractivity contribution in [2.75, 3.05) is 6.66 Å². The van der Waals surface area contributed by atoms with Gasteiger partial charge < -0.3 is 0 Å². The van der Waals surface area contributed by atoms with Crippen LogP contribution in [-0.2, 0) is 0 Å². The standard InChI is InChI=1S/C15H11Cl2FN3P/c1-7-12(16)13(17)15-10(20-7)5-9(18)14(21-15)8-3-4-11(22-2)19-6-8/h3-6,22H,1-2H3. The molecule has 22 heavy (non-hydrogen) atoms. The Hall–Kier alpha value is -1.35. The minimum absolute atomic E-state index is 0.189. The number of hydrogen-bond acceptors (Lipinski definition) is 3. The van der Waals surface area contributed by atoms with Crippen LogP contribution in [0.3, 0.4) is 0 Å². The molecule has 1 unspecified atom stereocenters. The van der Waals surface area contributed by atoms with Gasteiger partial charge in [0.05, 0.1) is 26.7 Å². The number of fused-ring (bicyclic) bond motifs is 1. The zero-order chi connectivity index (χ0) is 15.9. The van der Waals surface area contributed by atoms with Gasteiger partial charge in [-0.3, -0.25) is 4.98 Å². The van der Waals surface area contributed by atoms with Gasteiger partial charge in [-0.1, -0.05) is 31.8 Å². The first-order chi connectivity index (χ1) is 10.5. The van der Waals surface area contributed by atoms with Gasteiger partial charge in [0.25, 0.3) is 0 Å². The molecule has 3 nitrogen and oxygen atoms in total. The Bertz CT molecular complexity index is 869. The number of aromatic nitrogens is 3. The van der Waals surface area contributed by atoms with Gasteiger partial charge in [-0.25, -0.2) is 14.4 Å². The van der Waals surface area contributed by atoms with Crippen LogP contribution < -0.4 is 5.44 Å². The summed E-state index contributed by atoms with van der Waals surface area (Å²) in [6.45, 7) is 3.75. The normalized spacial score (nSPS) is 11.7. The summed E-state index contributed by atoms with van der Waals surface area (Å²) in [5.74, 6) is -0.466. The third kappa shape index (κ3) is 2.67. The van der Waals surface area contributed by atoms with E-state index in [4.69, 9.17) is 23.2 Å². The van der Waals surface area contributed by atoms with Crippen molar-refractivity contribution in [3.05, 3.63) is 46.0 Å². The fraction of sp³-hybridized carbons (Fsp3) is 0.133. The van der Waals surface area contributed by atoms with Crippen LogP contribution in [0.4, 0.5) is 4.39 Å². The Kier molecular flexibility index (Phi) is 4.26. The van der Waals surface area contributed by atoms with Crippen LogP contribution in [-0.4, -0.2) is 21.6 Å². The number of nitrogens with zero attached hydrogens (tertiary/aromatic N) is 3. The lowest BCUT2D eigenvalue weighted by atomic mass is 10.1. The lowest BCUT2D eigenvalue weighted by molar-refractivity contribution is 0.628. The van der Waals surface area contributed by atoms with Crippen molar-refractivity contribution in [1.82, 2.24) is 15.0 Å². The third-order valence-corrected chi connectivity index (χ3v) is 4.99. The largest absolute Gasteiger partial charge is 0.256 e. The average molecular weight is 354 g/mol. The maximum atomic E-state index is 14.3.